The summed E-state index contributed by atoms with van der Waals surface area (Å²) in [6.45, 7) is 11.3. The molecule has 3 heteroatoms. The van der Waals surface area contributed by atoms with E-state index in [1.807, 2.05) is 0 Å². The third kappa shape index (κ3) is 2.39. The summed E-state index contributed by atoms with van der Waals surface area (Å²) >= 11 is 0. The van der Waals surface area contributed by atoms with Crippen molar-refractivity contribution in [1.29, 1.82) is 0 Å². The van der Waals surface area contributed by atoms with Gasteiger partial charge in [-0.2, -0.15) is 5.10 Å². The fourth-order valence-corrected chi connectivity index (χ4v) is 2.94. The molecule has 1 saturated heterocycles. The number of rotatable bonds is 1. The van der Waals surface area contributed by atoms with Crippen LogP contribution in [0.25, 0.3) is 0 Å². The van der Waals surface area contributed by atoms with Crippen LogP contribution in [0.15, 0.2) is 0 Å². The van der Waals surface area contributed by atoms with Gasteiger partial charge in [0.25, 0.3) is 0 Å². The van der Waals surface area contributed by atoms with Crippen LogP contribution in [0.2, 0.25) is 0 Å². The summed E-state index contributed by atoms with van der Waals surface area (Å²) in [5.41, 5.74) is 4.33. The van der Waals surface area contributed by atoms with E-state index in [0.29, 0.717) is 5.92 Å². The Labute approximate surface area is 105 Å². The van der Waals surface area contributed by atoms with E-state index in [4.69, 9.17) is 5.10 Å². The lowest BCUT2D eigenvalue weighted by atomic mass is 9.80. The lowest BCUT2D eigenvalue weighted by Crippen LogP contribution is -2.28. The Balaban J connectivity index is 2.42. The molecule has 0 radical (unpaired) electrons. The van der Waals surface area contributed by atoms with Crippen molar-refractivity contribution >= 4 is 0 Å². The monoisotopic (exact) mass is 235 g/mol. The van der Waals surface area contributed by atoms with Gasteiger partial charge in [0.1, 0.15) is 0 Å². The quantitative estimate of drug-likeness (QED) is 0.810. The number of hydrogen-bond acceptors (Lipinski definition) is 2. The highest BCUT2D eigenvalue weighted by Crippen LogP contribution is 2.35. The molecule has 0 unspecified atom stereocenters. The van der Waals surface area contributed by atoms with E-state index in [1.54, 1.807) is 0 Å². The Morgan fingerprint density at radius 1 is 1.24 bits per heavy atom. The molecule has 96 valence electrons. The Morgan fingerprint density at radius 3 is 2.35 bits per heavy atom. The minimum absolute atomic E-state index is 0.193. The van der Waals surface area contributed by atoms with Crippen LogP contribution in [-0.2, 0) is 12.5 Å². The smallest absolute Gasteiger partial charge is 0.0696 e. The molecule has 1 fully saturated rings. The number of nitrogens with zero attached hydrogens (tertiary/aromatic N) is 2. The van der Waals surface area contributed by atoms with Crippen LogP contribution >= 0.6 is 0 Å². The minimum atomic E-state index is 0.193. The van der Waals surface area contributed by atoms with Crippen molar-refractivity contribution in [2.75, 3.05) is 13.1 Å². The lowest BCUT2D eigenvalue weighted by molar-refractivity contribution is 0.441. The van der Waals surface area contributed by atoms with Gasteiger partial charge in [-0.05, 0) is 38.3 Å². The van der Waals surface area contributed by atoms with Crippen molar-refractivity contribution in [3.05, 3.63) is 17.0 Å². The molecule has 1 aromatic rings. The van der Waals surface area contributed by atoms with Gasteiger partial charge in [0.2, 0.25) is 0 Å². The molecule has 0 aromatic carbocycles. The highest BCUT2D eigenvalue weighted by molar-refractivity contribution is 5.34. The fraction of sp³-hybridized carbons (Fsp3) is 0.786. The topological polar surface area (TPSA) is 29.9 Å². The molecule has 0 bridgehead atoms. The van der Waals surface area contributed by atoms with Crippen molar-refractivity contribution in [2.45, 2.75) is 51.9 Å². The first-order valence-corrected chi connectivity index (χ1v) is 6.66. The van der Waals surface area contributed by atoms with Crippen molar-refractivity contribution in [3.63, 3.8) is 0 Å². The number of piperidine rings is 1. The molecule has 1 aliphatic heterocycles. The van der Waals surface area contributed by atoms with Gasteiger partial charge in [-0.1, -0.05) is 20.8 Å². The van der Waals surface area contributed by atoms with Crippen LogP contribution in [0.4, 0.5) is 0 Å². The molecule has 0 aliphatic carbocycles. The summed E-state index contributed by atoms with van der Waals surface area (Å²) in [7, 11) is 2.06. The molecular formula is C14H25N3. The van der Waals surface area contributed by atoms with Crippen molar-refractivity contribution in [3.8, 4) is 0 Å². The van der Waals surface area contributed by atoms with E-state index in [9.17, 15) is 0 Å². The second-order valence-electron chi connectivity index (χ2n) is 6.24. The Hall–Kier alpha value is -0.830. The van der Waals surface area contributed by atoms with Gasteiger partial charge in [0.15, 0.2) is 0 Å². The van der Waals surface area contributed by atoms with E-state index in [1.165, 1.54) is 29.8 Å². The van der Waals surface area contributed by atoms with Crippen molar-refractivity contribution in [2.24, 2.45) is 7.05 Å². The lowest BCUT2D eigenvalue weighted by Gasteiger charge is -2.26. The molecule has 0 amide bonds. The van der Waals surface area contributed by atoms with E-state index in [2.05, 4.69) is 44.7 Å². The van der Waals surface area contributed by atoms with Crippen LogP contribution in [0.1, 0.15) is 56.5 Å². The Bertz CT molecular complexity index is 392. The first kappa shape index (κ1) is 12.6. The average molecular weight is 235 g/mol. The fourth-order valence-electron chi connectivity index (χ4n) is 2.94. The first-order chi connectivity index (χ1) is 7.91. The van der Waals surface area contributed by atoms with Crippen LogP contribution in [0.5, 0.6) is 0 Å². The molecule has 3 nitrogen and oxygen atoms in total. The largest absolute Gasteiger partial charge is 0.317 e. The maximum absolute atomic E-state index is 4.79. The molecule has 0 atom stereocenters. The number of hydrogen-bond donors (Lipinski definition) is 1. The Kier molecular flexibility index (Phi) is 3.30. The maximum atomic E-state index is 4.79. The van der Waals surface area contributed by atoms with Crippen LogP contribution in [0, 0.1) is 6.92 Å². The second kappa shape index (κ2) is 4.45. The molecule has 1 aliphatic rings. The van der Waals surface area contributed by atoms with Crippen molar-refractivity contribution < 1.29 is 0 Å². The standard InChI is InChI=1S/C14H25N3/c1-10-12(14(2,3)4)13(16-17(10)5)11-6-8-15-9-7-11/h11,15H,6-9H2,1-5H3. The number of aromatic nitrogens is 2. The van der Waals surface area contributed by atoms with E-state index in [0.717, 1.165) is 13.1 Å². The van der Waals surface area contributed by atoms with Crippen LogP contribution < -0.4 is 5.32 Å². The molecule has 0 saturated carbocycles. The van der Waals surface area contributed by atoms with Gasteiger partial charge in [-0.25, -0.2) is 0 Å². The normalized spacial score (nSPS) is 18.6. The maximum Gasteiger partial charge on any atom is 0.0696 e. The predicted octanol–water partition coefficient (Wildman–Crippen LogP) is 2.49. The van der Waals surface area contributed by atoms with Gasteiger partial charge >= 0.3 is 0 Å². The molecule has 1 N–H and O–H groups in total. The highest BCUT2D eigenvalue weighted by Gasteiger charge is 2.29. The second-order valence-corrected chi connectivity index (χ2v) is 6.24. The summed E-state index contributed by atoms with van der Waals surface area (Å²) in [6, 6.07) is 0. The number of aryl methyl sites for hydroxylation is 1. The van der Waals surface area contributed by atoms with Crippen LogP contribution in [-0.4, -0.2) is 22.9 Å². The SMILES string of the molecule is Cc1c(C(C)(C)C)c(C2CCNCC2)nn1C. The molecule has 2 heterocycles. The van der Waals surface area contributed by atoms with E-state index in [-0.39, 0.29) is 5.41 Å². The van der Waals surface area contributed by atoms with E-state index >= 15 is 0 Å². The van der Waals surface area contributed by atoms with Gasteiger partial charge in [-0.3, -0.25) is 4.68 Å². The summed E-state index contributed by atoms with van der Waals surface area (Å²) in [5, 5.41) is 8.22. The molecule has 0 spiro atoms. The first-order valence-electron chi connectivity index (χ1n) is 6.66. The zero-order valence-corrected chi connectivity index (χ0v) is 11.8. The Morgan fingerprint density at radius 2 is 1.82 bits per heavy atom. The van der Waals surface area contributed by atoms with Crippen LogP contribution in [0.3, 0.4) is 0 Å². The zero-order valence-electron chi connectivity index (χ0n) is 11.8. The van der Waals surface area contributed by atoms with Gasteiger partial charge < -0.3 is 5.32 Å². The van der Waals surface area contributed by atoms with E-state index < -0.39 is 0 Å². The predicted molar refractivity (Wildman–Crippen MR) is 71.5 cm³/mol. The zero-order chi connectivity index (χ0) is 12.6. The number of nitrogens with one attached hydrogen (secondary N) is 1. The van der Waals surface area contributed by atoms with Gasteiger partial charge in [-0.15, -0.1) is 0 Å². The summed E-state index contributed by atoms with van der Waals surface area (Å²) in [4.78, 5) is 0. The molecular weight excluding hydrogens is 210 g/mol. The summed E-state index contributed by atoms with van der Waals surface area (Å²) in [5.74, 6) is 0.644. The summed E-state index contributed by atoms with van der Waals surface area (Å²) < 4.78 is 2.05. The average Bonchev–Trinajstić information content (AvgIpc) is 2.56. The highest BCUT2D eigenvalue weighted by atomic mass is 15.3. The van der Waals surface area contributed by atoms with Gasteiger partial charge in [0.05, 0.1) is 5.69 Å². The van der Waals surface area contributed by atoms with Gasteiger partial charge in [0, 0.05) is 24.2 Å². The third-order valence-electron chi connectivity index (χ3n) is 3.84. The van der Waals surface area contributed by atoms with Crippen molar-refractivity contribution in [1.82, 2.24) is 15.1 Å². The summed E-state index contributed by atoms with van der Waals surface area (Å²) in [6.07, 6.45) is 2.44. The molecule has 1 aromatic heterocycles. The minimum Gasteiger partial charge on any atom is -0.317 e. The molecule has 2 rings (SSSR count). The molecule has 17 heavy (non-hydrogen) atoms. The third-order valence-corrected chi connectivity index (χ3v) is 3.84.